The molecule has 3 N–H and O–H groups in total. The van der Waals surface area contributed by atoms with Gasteiger partial charge in [0.15, 0.2) is 0 Å². The smallest absolute Gasteiger partial charge is 0.136 e. The van der Waals surface area contributed by atoms with Crippen LogP contribution in [0, 0.1) is 6.92 Å². The molecule has 0 spiro atoms. The van der Waals surface area contributed by atoms with Crippen LogP contribution < -0.4 is 10.6 Å². The molecule has 88 valence electrons. The Kier molecular flexibility index (Phi) is 3.24. The molecule has 1 aromatic heterocycles. The molecule has 0 amide bonds. The van der Waals surface area contributed by atoms with E-state index < -0.39 is 0 Å². The van der Waals surface area contributed by atoms with Gasteiger partial charge in [-0.05, 0) is 19.8 Å². The third-order valence-electron chi connectivity index (χ3n) is 2.75. The van der Waals surface area contributed by atoms with Gasteiger partial charge in [-0.1, -0.05) is 0 Å². The number of aliphatic hydroxyl groups excluding tert-OH is 1. The summed E-state index contributed by atoms with van der Waals surface area (Å²) in [6.07, 6.45) is 2.37. The molecule has 0 atom stereocenters. The Morgan fingerprint density at radius 1 is 1.31 bits per heavy atom. The molecule has 1 heterocycles. The summed E-state index contributed by atoms with van der Waals surface area (Å²) in [4.78, 5) is 9.00. The first kappa shape index (κ1) is 11.1. The Bertz CT molecular complexity index is 376. The van der Waals surface area contributed by atoms with Gasteiger partial charge in [-0.2, -0.15) is 0 Å². The van der Waals surface area contributed by atoms with Crippen molar-refractivity contribution in [3.63, 3.8) is 0 Å². The maximum atomic E-state index is 8.81. The normalized spacial score (nSPS) is 14.9. The summed E-state index contributed by atoms with van der Waals surface area (Å²) in [5, 5.41) is 15.0. The van der Waals surface area contributed by atoms with Gasteiger partial charge in [0.25, 0.3) is 0 Å². The maximum Gasteiger partial charge on any atom is 0.136 e. The van der Waals surface area contributed by atoms with Gasteiger partial charge in [0.2, 0.25) is 0 Å². The van der Waals surface area contributed by atoms with Crippen LogP contribution in [-0.4, -0.2) is 35.3 Å². The number of aromatic nitrogens is 2. The Morgan fingerprint density at radius 3 is 2.56 bits per heavy atom. The zero-order chi connectivity index (χ0) is 11.5. The van der Waals surface area contributed by atoms with E-state index in [4.69, 9.17) is 5.11 Å². The van der Waals surface area contributed by atoms with Crippen molar-refractivity contribution >= 4 is 11.6 Å². The van der Waals surface area contributed by atoms with Gasteiger partial charge in [0.1, 0.15) is 17.5 Å². The van der Waals surface area contributed by atoms with Crippen molar-refractivity contribution in [1.82, 2.24) is 9.97 Å². The van der Waals surface area contributed by atoms with Gasteiger partial charge in [-0.25, -0.2) is 9.97 Å². The highest BCUT2D eigenvalue weighted by molar-refractivity contribution is 5.57. The van der Waals surface area contributed by atoms with E-state index in [9.17, 15) is 0 Å². The number of rotatable bonds is 5. The van der Waals surface area contributed by atoms with E-state index in [1.165, 1.54) is 12.8 Å². The fraction of sp³-hybridized carbons (Fsp3) is 0.636. The summed E-state index contributed by atoms with van der Waals surface area (Å²) in [6, 6.07) is 0. The van der Waals surface area contributed by atoms with Crippen molar-refractivity contribution in [1.29, 1.82) is 0 Å². The molecule has 16 heavy (non-hydrogen) atoms. The standard InChI is InChI=1S/C11H18N4O/c1-7-9(12-2)14-11(8-3-4-8)15-10(7)13-5-6-16/h8,16H,3-6H2,1-2H3,(H2,12,13,14,15). The molecule has 2 rings (SSSR count). The molecular formula is C11H18N4O. The minimum absolute atomic E-state index is 0.108. The second kappa shape index (κ2) is 4.65. The lowest BCUT2D eigenvalue weighted by molar-refractivity contribution is 0.311. The van der Waals surface area contributed by atoms with Crippen LogP contribution in [0.5, 0.6) is 0 Å². The summed E-state index contributed by atoms with van der Waals surface area (Å²) in [5.41, 5.74) is 1.00. The minimum atomic E-state index is 0.108. The van der Waals surface area contributed by atoms with Crippen LogP contribution in [-0.2, 0) is 0 Å². The van der Waals surface area contributed by atoms with E-state index in [1.807, 2.05) is 14.0 Å². The number of hydrogen-bond donors (Lipinski definition) is 3. The molecule has 0 aliphatic heterocycles. The predicted molar refractivity (Wildman–Crippen MR) is 63.9 cm³/mol. The van der Waals surface area contributed by atoms with Crippen LogP contribution in [0.3, 0.4) is 0 Å². The van der Waals surface area contributed by atoms with Crippen molar-refractivity contribution in [2.45, 2.75) is 25.7 Å². The highest BCUT2D eigenvalue weighted by Crippen LogP contribution is 2.39. The van der Waals surface area contributed by atoms with Crippen LogP contribution in [0.1, 0.15) is 30.1 Å². The van der Waals surface area contributed by atoms with Crippen LogP contribution >= 0.6 is 0 Å². The van der Waals surface area contributed by atoms with Crippen molar-refractivity contribution in [3.8, 4) is 0 Å². The van der Waals surface area contributed by atoms with Gasteiger partial charge < -0.3 is 15.7 Å². The lowest BCUT2D eigenvalue weighted by Crippen LogP contribution is -2.12. The van der Waals surface area contributed by atoms with Gasteiger partial charge in [-0.15, -0.1) is 0 Å². The first-order valence-electron chi connectivity index (χ1n) is 5.67. The van der Waals surface area contributed by atoms with Crippen LogP contribution in [0.4, 0.5) is 11.6 Å². The topological polar surface area (TPSA) is 70.1 Å². The second-order valence-corrected chi connectivity index (χ2v) is 4.08. The fourth-order valence-electron chi connectivity index (χ4n) is 1.65. The average molecular weight is 222 g/mol. The SMILES string of the molecule is CNc1nc(C2CC2)nc(NCCO)c1C. The van der Waals surface area contributed by atoms with Crippen molar-refractivity contribution in [2.75, 3.05) is 30.8 Å². The zero-order valence-electron chi connectivity index (χ0n) is 9.75. The Morgan fingerprint density at radius 2 is 2.00 bits per heavy atom. The zero-order valence-corrected chi connectivity index (χ0v) is 9.75. The minimum Gasteiger partial charge on any atom is -0.395 e. The maximum absolute atomic E-state index is 8.81. The molecule has 5 nitrogen and oxygen atoms in total. The predicted octanol–water partition coefficient (Wildman–Crippen LogP) is 1.11. The monoisotopic (exact) mass is 222 g/mol. The third-order valence-corrected chi connectivity index (χ3v) is 2.75. The molecule has 1 aliphatic rings. The van der Waals surface area contributed by atoms with Crippen molar-refractivity contribution in [3.05, 3.63) is 11.4 Å². The van der Waals surface area contributed by atoms with Gasteiger partial charge in [0.05, 0.1) is 6.61 Å². The second-order valence-electron chi connectivity index (χ2n) is 4.08. The largest absolute Gasteiger partial charge is 0.395 e. The molecular weight excluding hydrogens is 204 g/mol. The van der Waals surface area contributed by atoms with Gasteiger partial charge in [-0.3, -0.25) is 0 Å². The first-order chi connectivity index (χ1) is 7.76. The summed E-state index contributed by atoms with van der Waals surface area (Å²) in [5.74, 6) is 3.14. The van der Waals surface area contributed by atoms with Crippen molar-refractivity contribution in [2.24, 2.45) is 0 Å². The molecule has 5 heteroatoms. The van der Waals surface area contributed by atoms with E-state index in [-0.39, 0.29) is 6.61 Å². The Balaban J connectivity index is 2.28. The summed E-state index contributed by atoms with van der Waals surface area (Å²) < 4.78 is 0. The third kappa shape index (κ3) is 2.24. The molecule has 1 aliphatic carbocycles. The number of hydrogen-bond acceptors (Lipinski definition) is 5. The number of nitrogens with zero attached hydrogens (tertiary/aromatic N) is 2. The lowest BCUT2D eigenvalue weighted by atomic mass is 10.2. The quantitative estimate of drug-likeness (QED) is 0.696. The first-order valence-corrected chi connectivity index (χ1v) is 5.67. The van der Waals surface area contributed by atoms with E-state index in [1.54, 1.807) is 0 Å². The number of anilines is 2. The van der Waals surface area contributed by atoms with Crippen LogP contribution in [0.25, 0.3) is 0 Å². The molecule has 0 unspecified atom stereocenters. The van der Waals surface area contributed by atoms with Crippen molar-refractivity contribution < 1.29 is 5.11 Å². The van der Waals surface area contributed by atoms with E-state index in [0.29, 0.717) is 12.5 Å². The molecule has 1 fully saturated rings. The van der Waals surface area contributed by atoms with Gasteiger partial charge in [0, 0.05) is 25.1 Å². The van der Waals surface area contributed by atoms with Crippen LogP contribution in [0.15, 0.2) is 0 Å². The Hall–Kier alpha value is -1.36. The summed E-state index contributed by atoms with van der Waals surface area (Å²) >= 11 is 0. The molecule has 1 saturated carbocycles. The van der Waals surface area contributed by atoms with Gasteiger partial charge >= 0.3 is 0 Å². The number of nitrogens with one attached hydrogen (secondary N) is 2. The molecule has 0 bridgehead atoms. The Labute approximate surface area is 95.3 Å². The van der Waals surface area contributed by atoms with E-state index >= 15 is 0 Å². The highest BCUT2D eigenvalue weighted by atomic mass is 16.3. The molecule has 0 saturated heterocycles. The van der Waals surface area contributed by atoms with Crippen LogP contribution in [0.2, 0.25) is 0 Å². The molecule has 1 aromatic rings. The molecule has 0 radical (unpaired) electrons. The summed E-state index contributed by atoms with van der Waals surface area (Å²) in [6.45, 7) is 2.60. The fourth-order valence-corrected chi connectivity index (χ4v) is 1.65. The lowest BCUT2D eigenvalue weighted by Gasteiger charge is -2.12. The molecule has 0 aromatic carbocycles. The summed E-state index contributed by atoms with van der Waals surface area (Å²) in [7, 11) is 1.86. The van der Waals surface area contributed by atoms with E-state index in [0.717, 1.165) is 23.0 Å². The average Bonchev–Trinajstić information content (AvgIpc) is 3.11. The number of aliphatic hydroxyl groups is 1. The van der Waals surface area contributed by atoms with E-state index in [2.05, 4.69) is 20.6 Å². The highest BCUT2D eigenvalue weighted by Gasteiger charge is 2.28.